The fourth-order valence-corrected chi connectivity index (χ4v) is 23.0. The molecule has 27 nitrogen and oxygen atoms in total. The molecule has 0 aromatic heterocycles. The normalized spacial score (nSPS) is 16.8. The first-order chi connectivity index (χ1) is 63.8. The molecule has 13 aromatic carbocycles. The maximum absolute atomic E-state index is 18.0. The number of phosphoric ester groups is 7. The molecule has 0 saturated heterocycles. The summed E-state index contributed by atoms with van der Waals surface area (Å²) in [6, 6.07) is 109. The summed E-state index contributed by atoms with van der Waals surface area (Å²) < 4.78 is 257. The van der Waals surface area contributed by atoms with Crippen molar-refractivity contribution in [3.8, 4) is 0 Å². The zero-order valence-electron chi connectivity index (χ0n) is 70.8. The van der Waals surface area contributed by atoms with E-state index in [1.54, 1.807) is 394 Å². The van der Waals surface area contributed by atoms with Gasteiger partial charge in [-0.2, -0.15) is 4.31 Å². The lowest BCUT2D eigenvalue weighted by Gasteiger charge is -2.50. The highest BCUT2D eigenvalue weighted by Crippen LogP contribution is 2.71. The fraction of sp³-hybridized carbons (Fsp3) is 0.196. The lowest BCUT2D eigenvalue weighted by atomic mass is 9.85. The van der Waals surface area contributed by atoms with Gasteiger partial charge in [0.25, 0.3) is 0 Å². The SMILES string of the molecule is O=P(OCc1ccccc1)(OCc1ccccc1)OC1[C@@H](OP(=O)(OCc2ccccc2)OCc2ccccc2)[C@H](OP(=O)(OCc2ccccc2)OCc2ccccc2)C(OP(=O)(OCc2ccccc2)OP(=O)(OCc2ccccc2)OCc2ccccc2)[C@H](OP(=O)(OCc2ccccc2)OCc2ccccc2)[C@H]1OP(=O)(OCc1ccccc1)OCc1ccccc1. The van der Waals surface area contributed by atoms with Crippen LogP contribution in [-0.4, -0.2) is 36.6 Å². The quantitative estimate of drug-likeness (QED) is 0.0320. The van der Waals surface area contributed by atoms with Crippen molar-refractivity contribution in [2.45, 2.75) is 123 Å². The molecule has 0 heterocycles. The Balaban J connectivity index is 1.08. The molecule has 0 bridgehead atoms. The van der Waals surface area contributed by atoms with Crippen molar-refractivity contribution in [2.24, 2.45) is 0 Å². The molecule has 0 spiro atoms. The lowest BCUT2D eigenvalue weighted by Crippen LogP contribution is -2.66. The van der Waals surface area contributed by atoms with E-state index >= 15 is 32.0 Å². The van der Waals surface area contributed by atoms with Crippen LogP contribution < -0.4 is 0 Å². The van der Waals surface area contributed by atoms with Crippen LogP contribution in [0.4, 0.5) is 0 Å². The van der Waals surface area contributed by atoms with E-state index < -0.39 is 177 Å². The van der Waals surface area contributed by atoms with Gasteiger partial charge in [-0.05, 0) is 72.3 Å². The standard InChI is InChI=1S/C97H97O27P7/c98-125(105-66-79-40-14-1-15-41-79,106-67-80-42-16-2-17-43-80)118-92-93(119-126(99,107-68-81-44-18-3-19-45-81)108-69-82-46-20-4-21-47-82)95(121-128(101,111-72-85-52-26-7-27-53-85)112-73-86-54-28-8-29-55-86)97(123-131(104,117-78-91-64-38-13-39-65-91)124-130(103,115-76-89-60-34-11-35-61-89)116-77-90-62-36-12-37-63-90)96(122-129(102,113-74-87-56-30-9-31-57-87)114-75-88-58-32-10-33-59-88)94(92)120-127(100,109-70-83-48-22-5-23-49-83)110-71-84-50-24-6-25-51-84/h1-65,92-97H,66-78H2/t92?,93-,94+,95+,96-,97?,131?. The second-order valence-corrected chi connectivity index (χ2v) is 41.0. The Labute approximate surface area is 761 Å². The summed E-state index contributed by atoms with van der Waals surface area (Å²) in [5.41, 5.74) is 4.74. The van der Waals surface area contributed by atoms with E-state index in [4.69, 9.17) is 90.3 Å². The predicted molar refractivity (Wildman–Crippen MR) is 490 cm³/mol. The molecule has 0 aliphatic heterocycles. The number of hydrogen-bond acceptors (Lipinski definition) is 27. The van der Waals surface area contributed by atoms with Gasteiger partial charge in [0.05, 0.1) is 85.9 Å². The Morgan fingerprint density at radius 1 is 0.130 bits per heavy atom. The summed E-state index contributed by atoms with van der Waals surface area (Å²) in [6.07, 6.45) is -17.1. The molecule has 34 heteroatoms. The first kappa shape index (κ1) is 97.7. The van der Waals surface area contributed by atoms with Crippen molar-refractivity contribution in [3.63, 3.8) is 0 Å². The molecule has 1 saturated carbocycles. The van der Waals surface area contributed by atoms with Gasteiger partial charge >= 0.3 is 54.8 Å². The molecule has 13 aromatic rings. The van der Waals surface area contributed by atoms with Crippen LogP contribution in [0.2, 0.25) is 0 Å². The zero-order valence-corrected chi connectivity index (χ0v) is 77.1. The van der Waals surface area contributed by atoms with Crippen LogP contribution in [0.25, 0.3) is 0 Å². The van der Waals surface area contributed by atoms with Crippen molar-refractivity contribution in [1.82, 2.24) is 0 Å². The van der Waals surface area contributed by atoms with E-state index in [1.165, 1.54) is 0 Å². The van der Waals surface area contributed by atoms with Crippen molar-refractivity contribution < 1.29 is 122 Å². The first-order valence-corrected chi connectivity index (χ1v) is 51.9. The second kappa shape index (κ2) is 49.1. The Bertz CT molecular complexity index is 5420. The second-order valence-electron chi connectivity index (χ2n) is 29.5. The first-order valence-electron chi connectivity index (χ1n) is 41.7. The highest BCUT2D eigenvalue weighted by Gasteiger charge is 2.66. The molecule has 1 aliphatic rings. The maximum Gasteiger partial charge on any atom is 0.484 e. The van der Waals surface area contributed by atoms with Crippen LogP contribution in [0, 0.1) is 0 Å². The van der Waals surface area contributed by atoms with Gasteiger partial charge < -0.3 is 0 Å². The molecule has 131 heavy (non-hydrogen) atoms. The molecule has 0 radical (unpaired) electrons. The van der Waals surface area contributed by atoms with Crippen LogP contribution in [-0.2, 0) is 208 Å². The summed E-state index contributed by atoms with van der Waals surface area (Å²) in [6.45, 7) is -8.16. The number of benzene rings is 13. The van der Waals surface area contributed by atoms with Crippen LogP contribution in [0.5, 0.6) is 0 Å². The van der Waals surface area contributed by atoms with E-state index in [0.717, 1.165) is 0 Å². The van der Waals surface area contributed by atoms with Gasteiger partial charge in [0.1, 0.15) is 36.6 Å². The molecule has 3 unspecified atom stereocenters. The molecule has 0 N–H and O–H groups in total. The zero-order chi connectivity index (χ0) is 90.8. The van der Waals surface area contributed by atoms with Crippen LogP contribution in [0.1, 0.15) is 72.3 Å². The average molecular weight is 1910 g/mol. The molecule has 14 rings (SSSR count). The van der Waals surface area contributed by atoms with E-state index in [2.05, 4.69) is 0 Å². The third-order valence-corrected chi connectivity index (χ3v) is 30.1. The molecule has 7 atom stereocenters. The molecular weight excluding hydrogens is 1810 g/mol. The van der Waals surface area contributed by atoms with E-state index in [0.29, 0.717) is 66.8 Å². The summed E-state index contributed by atoms with van der Waals surface area (Å²) in [4.78, 5) is 0. The highest BCUT2D eigenvalue weighted by atomic mass is 31.3. The van der Waals surface area contributed by atoms with Gasteiger partial charge in [-0.3, -0.25) is 86.0 Å². The fourth-order valence-electron chi connectivity index (χ4n) is 13.0. The molecule has 1 fully saturated rings. The van der Waals surface area contributed by atoms with Crippen LogP contribution in [0.3, 0.4) is 0 Å². The summed E-state index contributed by atoms with van der Waals surface area (Å²) >= 11 is 0. The Kier molecular flexibility index (Phi) is 36.6. The van der Waals surface area contributed by atoms with Gasteiger partial charge in [-0.1, -0.05) is 394 Å². The minimum atomic E-state index is -6.33. The number of phosphoric acid groups is 7. The van der Waals surface area contributed by atoms with Crippen molar-refractivity contribution in [1.29, 1.82) is 0 Å². The largest absolute Gasteiger partial charge is 0.484 e. The minimum absolute atomic E-state index is 0.257. The Morgan fingerprint density at radius 2 is 0.221 bits per heavy atom. The van der Waals surface area contributed by atoms with Crippen LogP contribution >= 0.6 is 54.8 Å². The third kappa shape index (κ3) is 31.4. The lowest BCUT2D eigenvalue weighted by molar-refractivity contribution is -0.208. The van der Waals surface area contributed by atoms with E-state index in [-0.39, 0.29) is 5.56 Å². The summed E-state index contributed by atoms with van der Waals surface area (Å²) in [5.74, 6) is 0. The number of hydrogen-bond donors (Lipinski definition) is 0. The molecule has 0 amide bonds. The van der Waals surface area contributed by atoms with Gasteiger partial charge in [0.15, 0.2) is 0 Å². The predicted octanol–water partition coefficient (Wildman–Crippen LogP) is 25.9. The van der Waals surface area contributed by atoms with E-state index in [9.17, 15) is 0 Å². The Morgan fingerprint density at radius 3 is 0.336 bits per heavy atom. The van der Waals surface area contributed by atoms with Gasteiger partial charge in [0.2, 0.25) is 0 Å². The monoisotopic (exact) mass is 1910 g/mol. The molecular formula is C97H97O27P7. The smallest absolute Gasteiger partial charge is 0.282 e. The van der Waals surface area contributed by atoms with E-state index in [1.807, 2.05) is 0 Å². The van der Waals surface area contributed by atoms with Crippen molar-refractivity contribution in [2.75, 3.05) is 0 Å². The average Bonchev–Trinajstić information content (AvgIpc) is 0.729. The number of rotatable bonds is 53. The Hall–Kier alpha value is -9.33. The van der Waals surface area contributed by atoms with Crippen LogP contribution in [0.15, 0.2) is 394 Å². The van der Waals surface area contributed by atoms with Gasteiger partial charge in [-0.25, -0.2) is 32.0 Å². The third-order valence-electron chi connectivity index (χ3n) is 19.7. The molecule has 682 valence electrons. The molecule has 1 aliphatic carbocycles. The van der Waals surface area contributed by atoms with Crippen molar-refractivity contribution >= 4 is 54.8 Å². The summed E-state index contributed by atoms with van der Waals surface area (Å²) in [7, 11) is -40.8. The van der Waals surface area contributed by atoms with Crippen molar-refractivity contribution in [3.05, 3.63) is 467 Å². The van der Waals surface area contributed by atoms with Gasteiger partial charge in [-0.15, -0.1) is 0 Å². The van der Waals surface area contributed by atoms with Gasteiger partial charge in [0, 0.05) is 0 Å². The topological polar surface area (TPSA) is 304 Å². The highest BCUT2D eigenvalue weighted by molar-refractivity contribution is 7.62. The summed E-state index contributed by atoms with van der Waals surface area (Å²) in [5, 5.41) is 0. The minimum Gasteiger partial charge on any atom is -0.282 e. The maximum atomic E-state index is 18.0.